The van der Waals surface area contributed by atoms with E-state index in [9.17, 15) is 4.79 Å². The van der Waals surface area contributed by atoms with Crippen molar-refractivity contribution in [2.45, 2.75) is 44.2 Å². The summed E-state index contributed by atoms with van der Waals surface area (Å²) < 4.78 is 0. The van der Waals surface area contributed by atoms with Gasteiger partial charge in [0, 0.05) is 36.0 Å². The standard InChI is InChI=1S/C16H19N3O/c1-19-14-3-2-4-15(19)7-12(6-14)16(20)13-5-11(8-17)9-18-10-13/h5,9-10,12,14-15H,2-4,6-7H2,1H3. The highest BCUT2D eigenvalue weighted by atomic mass is 16.1. The molecule has 4 nitrogen and oxygen atoms in total. The summed E-state index contributed by atoms with van der Waals surface area (Å²) in [7, 11) is 2.19. The van der Waals surface area contributed by atoms with E-state index in [0.717, 1.165) is 12.8 Å². The lowest BCUT2D eigenvalue weighted by Crippen LogP contribution is -2.51. The maximum absolute atomic E-state index is 12.6. The Morgan fingerprint density at radius 1 is 1.35 bits per heavy atom. The van der Waals surface area contributed by atoms with Gasteiger partial charge in [0.1, 0.15) is 6.07 Å². The first-order valence-electron chi connectivity index (χ1n) is 7.30. The number of hydrogen-bond donors (Lipinski definition) is 0. The summed E-state index contributed by atoms with van der Waals surface area (Å²) in [4.78, 5) is 19.1. The molecule has 3 heterocycles. The van der Waals surface area contributed by atoms with Gasteiger partial charge in [-0.2, -0.15) is 5.26 Å². The van der Waals surface area contributed by atoms with Crippen LogP contribution in [0.5, 0.6) is 0 Å². The van der Waals surface area contributed by atoms with Crippen LogP contribution in [0.1, 0.15) is 48.0 Å². The van der Waals surface area contributed by atoms with E-state index in [1.54, 1.807) is 12.3 Å². The lowest BCUT2D eigenvalue weighted by atomic mass is 9.76. The fourth-order valence-corrected chi connectivity index (χ4v) is 3.70. The summed E-state index contributed by atoms with van der Waals surface area (Å²) in [5.41, 5.74) is 1.06. The highest BCUT2D eigenvalue weighted by Gasteiger charge is 2.38. The molecule has 0 amide bonds. The Kier molecular flexibility index (Phi) is 3.54. The zero-order valence-electron chi connectivity index (χ0n) is 11.7. The molecule has 0 N–H and O–H groups in total. The maximum Gasteiger partial charge on any atom is 0.167 e. The number of aromatic nitrogens is 1. The van der Waals surface area contributed by atoms with E-state index in [0.29, 0.717) is 23.2 Å². The van der Waals surface area contributed by atoms with Gasteiger partial charge in [-0.1, -0.05) is 6.42 Å². The van der Waals surface area contributed by atoms with Crippen LogP contribution in [-0.4, -0.2) is 34.8 Å². The number of carbonyl (C=O) groups excluding carboxylic acids is 1. The van der Waals surface area contributed by atoms with Crippen molar-refractivity contribution in [3.8, 4) is 6.07 Å². The van der Waals surface area contributed by atoms with Crippen molar-refractivity contribution in [2.75, 3.05) is 7.05 Å². The first kappa shape index (κ1) is 13.3. The lowest BCUT2D eigenvalue weighted by Gasteiger charge is -2.46. The van der Waals surface area contributed by atoms with Gasteiger partial charge in [-0.25, -0.2) is 0 Å². The second-order valence-corrected chi connectivity index (χ2v) is 6.01. The van der Waals surface area contributed by atoms with E-state index in [1.165, 1.54) is 25.5 Å². The molecule has 2 aliphatic rings. The zero-order valence-corrected chi connectivity index (χ0v) is 11.7. The van der Waals surface area contributed by atoms with Gasteiger partial charge < -0.3 is 4.90 Å². The lowest BCUT2D eigenvalue weighted by molar-refractivity contribution is 0.0338. The van der Waals surface area contributed by atoms with Crippen LogP contribution in [0.4, 0.5) is 0 Å². The summed E-state index contributed by atoms with van der Waals surface area (Å²) in [6, 6.07) is 4.81. The molecule has 0 aromatic carbocycles. The van der Waals surface area contributed by atoms with Crippen LogP contribution in [0.2, 0.25) is 0 Å². The van der Waals surface area contributed by atoms with Crippen molar-refractivity contribution in [3.05, 3.63) is 29.6 Å². The van der Waals surface area contributed by atoms with Crippen LogP contribution in [0, 0.1) is 17.2 Å². The van der Waals surface area contributed by atoms with Gasteiger partial charge in [-0.15, -0.1) is 0 Å². The zero-order chi connectivity index (χ0) is 14.1. The third-order valence-corrected chi connectivity index (χ3v) is 4.86. The van der Waals surface area contributed by atoms with Gasteiger partial charge >= 0.3 is 0 Å². The van der Waals surface area contributed by atoms with Crippen LogP contribution in [0.25, 0.3) is 0 Å². The van der Waals surface area contributed by atoms with Crippen molar-refractivity contribution in [1.29, 1.82) is 5.26 Å². The van der Waals surface area contributed by atoms with Gasteiger partial charge in [0.2, 0.25) is 0 Å². The van der Waals surface area contributed by atoms with E-state index in [2.05, 4.69) is 16.9 Å². The number of nitriles is 1. The minimum atomic E-state index is 0.0947. The molecule has 1 aromatic heterocycles. The number of rotatable bonds is 2. The molecule has 1 aromatic rings. The predicted molar refractivity (Wildman–Crippen MR) is 75.2 cm³/mol. The number of Topliss-reactive ketones (excluding diaryl/α,β-unsaturated/α-hetero) is 1. The third kappa shape index (κ3) is 2.34. The van der Waals surface area contributed by atoms with Gasteiger partial charge in [0.05, 0.1) is 5.56 Å². The molecule has 2 aliphatic heterocycles. The molecule has 104 valence electrons. The molecule has 2 fully saturated rings. The smallest absolute Gasteiger partial charge is 0.167 e. The van der Waals surface area contributed by atoms with E-state index in [-0.39, 0.29) is 11.7 Å². The Morgan fingerprint density at radius 2 is 2.05 bits per heavy atom. The second kappa shape index (κ2) is 5.34. The van der Waals surface area contributed by atoms with E-state index < -0.39 is 0 Å². The molecule has 0 aliphatic carbocycles. The Bertz CT molecular complexity index is 549. The van der Waals surface area contributed by atoms with Crippen LogP contribution >= 0.6 is 0 Å². The Balaban J connectivity index is 1.79. The van der Waals surface area contributed by atoms with Crippen molar-refractivity contribution in [1.82, 2.24) is 9.88 Å². The first-order chi connectivity index (χ1) is 9.69. The van der Waals surface area contributed by atoms with Crippen LogP contribution in [-0.2, 0) is 0 Å². The molecule has 0 saturated carbocycles. The maximum atomic E-state index is 12.6. The molecule has 3 rings (SSSR count). The first-order valence-corrected chi connectivity index (χ1v) is 7.30. The average Bonchev–Trinajstić information content (AvgIpc) is 2.46. The topological polar surface area (TPSA) is 57.0 Å². The summed E-state index contributed by atoms with van der Waals surface area (Å²) in [5.74, 6) is 0.261. The number of fused-ring (bicyclic) bond motifs is 2. The van der Waals surface area contributed by atoms with Crippen molar-refractivity contribution in [3.63, 3.8) is 0 Å². The molecule has 2 bridgehead atoms. The largest absolute Gasteiger partial charge is 0.300 e. The van der Waals surface area contributed by atoms with E-state index in [4.69, 9.17) is 5.26 Å². The SMILES string of the molecule is CN1C2CCCC1CC(C(=O)c1cncc(C#N)c1)C2. The summed E-state index contributed by atoms with van der Waals surface area (Å²) in [6.45, 7) is 0. The number of piperidine rings is 2. The number of hydrogen-bond acceptors (Lipinski definition) is 4. The van der Waals surface area contributed by atoms with Crippen molar-refractivity contribution in [2.24, 2.45) is 5.92 Å². The number of carbonyl (C=O) groups is 1. The van der Waals surface area contributed by atoms with E-state index >= 15 is 0 Å². The normalized spacial score (nSPS) is 29.7. The molecule has 2 atom stereocenters. The quantitative estimate of drug-likeness (QED) is 0.774. The van der Waals surface area contributed by atoms with Crippen molar-refractivity contribution < 1.29 is 4.79 Å². The minimum Gasteiger partial charge on any atom is -0.300 e. The van der Waals surface area contributed by atoms with Gasteiger partial charge in [0.25, 0.3) is 0 Å². The Morgan fingerprint density at radius 3 is 2.70 bits per heavy atom. The molecular formula is C16H19N3O. The fourth-order valence-electron chi connectivity index (χ4n) is 3.70. The van der Waals surface area contributed by atoms with Crippen LogP contribution in [0.15, 0.2) is 18.5 Å². The molecule has 4 heteroatoms. The molecule has 0 radical (unpaired) electrons. The van der Waals surface area contributed by atoms with Crippen LogP contribution in [0.3, 0.4) is 0 Å². The number of ketones is 1. The van der Waals surface area contributed by atoms with Gasteiger partial charge in [-0.05, 0) is 38.8 Å². The van der Waals surface area contributed by atoms with Crippen molar-refractivity contribution >= 4 is 5.78 Å². The highest BCUT2D eigenvalue weighted by Crippen LogP contribution is 2.37. The molecule has 2 saturated heterocycles. The fraction of sp³-hybridized carbons (Fsp3) is 0.562. The van der Waals surface area contributed by atoms with Gasteiger partial charge in [-0.3, -0.25) is 9.78 Å². The van der Waals surface area contributed by atoms with Crippen LogP contribution < -0.4 is 0 Å². The minimum absolute atomic E-state index is 0.0947. The number of pyridine rings is 1. The number of nitrogens with zero attached hydrogens (tertiary/aromatic N) is 3. The second-order valence-electron chi connectivity index (χ2n) is 6.01. The molecule has 2 unspecified atom stereocenters. The molecular weight excluding hydrogens is 250 g/mol. The average molecular weight is 269 g/mol. The third-order valence-electron chi connectivity index (χ3n) is 4.86. The monoisotopic (exact) mass is 269 g/mol. The Labute approximate surface area is 119 Å². The summed E-state index contributed by atoms with van der Waals surface area (Å²) in [5, 5.41) is 8.91. The summed E-state index contributed by atoms with van der Waals surface area (Å²) in [6.07, 6.45) is 8.68. The molecule has 0 spiro atoms. The Hall–Kier alpha value is -1.73. The molecule has 20 heavy (non-hydrogen) atoms. The predicted octanol–water partition coefficient (Wildman–Crippen LogP) is 2.40. The van der Waals surface area contributed by atoms with Gasteiger partial charge in [0.15, 0.2) is 5.78 Å². The summed E-state index contributed by atoms with van der Waals surface area (Å²) >= 11 is 0. The highest BCUT2D eigenvalue weighted by molar-refractivity contribution is 5.98. The van der Waals surface area contributed by atoms with E-state index in [1.807, 2.05) is 6.07 Å².